The largest absolute Gasteiger partial charge is 0.667 e. The number of carboxylic acids is 2. The van der Waals surface area contributed by atoms with Gasteiger partial charge >= 0.3 is 11.9 Å². The van der Waals surface area contributed by atoms with Gasteiger partial charge in [-0.15, -0.1) is 0 Å². The van der Waals surface area contributed by atoms with Gasteiger partial charge in [-0.1, -0.05) is 83.6 Å². The Kier molecular flexibility index (Phi) is 45.5. The van der Waals surface area contributed by atoms with Crippen molar-refractivity contribution < 1.29 is 76.5 Å². The molecule has 0 bridgehead atoms. The maximum atomic E-state index is 11.7. The van der Waals surface area contributed by atoms with Gasteiger partial charge in [0.05, 0.1) is 11.7 Å². The molecule has 2 atom stereocenters. The van der Waals surface area contributed by atoms with E-state index in [1.807, 2.05) is 6.92 Å². The average Bonchev–Trinajstić information content (AvgIpc) is 3.04. The molecule has 0 aliphatic heterocycles. The number of unbranched alkanes of at least 4 members (excludes halogenated alkanes) is 12. The Morgan fingerprint density at radius 2 is 1.32 bits per heavy atom. The fraction of sp³-hybridized carbons (Fsp3) is 0.794. The first-order valence-corrected chi connectivity index (χ1v) is 17.2. The van der Waals surface area contributed by atoms with Gasteiger partial charge < -0.3 is 51.6 Å². The second kappa shape index (κ2) is 39.7. The van der Waals surface area contributed by atoms with Crippen LogP contribution < -0.4 is 16.4 Å². The second-order valence-electron chi connectivity index (χ2n) is 12.1. The van der Waals surface area contributed by atoms with E-state index in [9.17, 15) is 28.8 Å². The molecule has 0 aliphatic carbocycles. The van der Waals surface area contributed by atoms with Gasteiger partial charge in [-0.05, 0) is 40.2 Å². The van der Waals surface area contributed by atoms with Gasteiger partial charge in [0.15, 0.2) is 7.85 Å². The van der Waals surface area contributed by atoms with Crippen molar-refractivity contribution in [2.45, 2.75) is 148 Å². The van der Waals surface area contributed by atoms with Crippen molar-refractivity contribution in [1.29, 1.82) is 0 Å². The van der Waals surface area contributed by atoms with E-state index >= 15 is 0 Å². The maximum Gasteiger partial charge on any atom is 0.320 e. The zero-order valence-corrected chi connectivity index (χ0v) is 34.0. The molecule has 50 heavy (non-hydrogen) atoms. The number of rotatable bonds is 26. The summed E-state index contributed by atoms with van der Waals surface area (Å²) < 4.78 is 0. The van der Waals surface area contributed by atoms with E-state index in [0.29, 0.717) is 26.1 Å². The van der Waals surface area contributed by atoms with Crippen LogP contribution in [-0.2, 0) is 66.3 Å². The Balaban J connectivity index is -0.000000215. The first-order chi connectivity index (χ1) is 23.0. The molecule has 0 aromatic heterocycles. The van der Waals surface area contributed by atoms with Crippen LogP contribution in [-0.4, -0.2) is 110 Å². The molecule has 287 valence electrons. The molecule has 0 saturated heterocycles. The molecule has 0 fully saturated rings. The van der Waals surface area contributed by atoms with Crippen LogP contribution in [0, 0.1) is 0 Å². The molecule has 2 unspecified atom stereocenters. The van der Waals surface area contributed by atoms with Crippen LogP contribution in [0.5, 0.6) is 0 Å². The molecule has 7 N–H and O–H groups in total. The predicted molar refractivity (Wildman–Crippen MR) is 193 cm³/mol. The molecule has 3 radical (unpaired) electrons. The number of hydrogen-bond donors (Lipinski definition) is 5. The van der Waals surface area contributed by atoms with E-state index in [1.165, 1.54) is 78.7 Å². The molecule has 0 heterocycles. The smallest absolute Gasteiger partial charge is 0.320 e. The molecule has 0 spiro atoms. The number of nitrogens with one attached hydrogen (secondary N) is 3. The van der Waals surface area contributed by atoms with E-state index in [2.05, 4.69) is 17.4 Å². The number of amides is 2. The summed E-state index contributed by atoms with van der Waals surface area (Å²) in [5.41, 5.74) is 10.7. The summed E-state index contributed by atoms with van der Waals surface area (Å²) in [5.74, 6) is -2.05. The number of nitrogens with zero attached hydrogens (tertiary/aromatic N) is 1. The van der Waals surface area contributed by atoms with E-state index in [0.717, 1.165) is 32.0 Å². The van der Waals surface area contributed by atoms with Crippen LogP contribution >= 0.6 is 0 Å². The molecular weight excluding hydrogens is 722 g/mol. The fourth-order valence-electron chi connectivity index (χ4n) is 4.07. The minimum absolute atomic E-state index is 0. The van der Waals surface area contributed by atoms with Crippen molar-refractivity contribution in [1.82, 2.24) is 15.5 Å². The van der Waals surface area contributed by atoms with Crippen molar-refractivity contribution in [2.75, 3.05) is 26.7 Å². The number of hydrogen-bond acceptors (Lipinski definition) is 9. The van der Waals surface area contributed by atoms with E-state index in [-0.39, 0.29) is 57.4 Å². The van der Waals surface area contributed by atoms with Crippen molar-refractivity contribution in [3.8, 4) is 0 Å². The van der Waals surface area contributed by atoms with Crippen molar-refractivity contribution in [3.05, 3.63) is 5.73 Å². The number of nitrogens with two attached hydrogens (primary N) is 1. The van der Waals surface area contributed by atoms with Crippen molar-refractivity contribution in [2.24, 2.45) is 5.73 Å². The molecule has 0 saturated carbocycles. The second-order valence-corrected chi connectivity index (χ2v) is 12.1. The zero-order chi connectivity index (χ0) is 38.7. The fourth-order valence-corrected chi connectivity index (χ4v) is 4.07. The van der Waals surface area contributed by atoms with Gasteiger partial charge in [0.1, 0.15) is 12.3 Å². The third-order valence-corrected chi connectivity index (χ3v) is 7.17. The first kappa shape index (κ1) is 57.3. The van der Waals surface area contributed by atoms with Gasteiger partial charge in [0.25, 0.3) is 0 Å². The SMILES string of the molecule is CCN(CCNC(=O)CCC(NC)C(=O)O)C(=O)C(C)N.O=CCCCCCCCCCCCCCCC(=O)O.[B]C(=O)C(C)(C)[NH-].[CH-]=O.[Y]. The third-order valence-electron chi connectivity index (χ3n) is 7.17. The molecule has 0 rings (SSSR count). The number of carbonyl (C=O) groups is 6. The topological polar surface area (TPSA) is 237 Å². The summed E-state index contributed by atoms with van der Waals surface area (Å²) in [6.07, 6.45) is 16.8. The molecule has 0 aliphatic rings. The molecular formula is C34H64BN5O9Y-2. The zero-order valence-electron chi connectivity index (χ0n) is 31.2. The number of carbonyl (C=O) groups excluding carboxylic acids is 5. The van der Waals surface area contributed by atoms with Gasteiger partial charge in [-0.25, -0.2) is 0 Å². The molecule has 0 aromatic carbocycles. The monoisotopic (exact) mass is 786 g/mol. The molecule has 0 aromatic rings. The summed E-state index contributed by atoms with van der Waals surface area (Å²) in [5, 5.41) is 22.6. The van der Waals surface area contributed by atoms with Crippen LogP contribution in [0.1, 0.15) is 130 Å². The first-order valence-electron chi connectivity index (χ1n) is 17.2. The normalized spacial score (nSPS) is 11.3. The van der Waals surface area contributed by atoms with Gasteiger partial charge in [0.2, 0.25) is 11.8 Å². The predicted octanol–water partition coefficient (Wildman–Crippen LogP) is 3.72. The van der Waals surface area contributed by atoms with Gasteiger partial charge in [0, 0.05) is 71.6 Å². The Morgan fingerprint density at radius 1 is 0.900 bits per heavy atom. The Morgan fingerprint density at radius 3 is 1.64 bits per heavy atom. The summed E-state index contributed by atoms with van der Waals surface area (Å²) in [6.45, 7) is 10.8. The van der Waals surface area contributed by atoms with Crippen LogP contribution in [0.4, 0.5) is 0 Å². The average molecular weight is 787 g/mol. The summed E-state index contributed by atoms with van der Waals surface area (Å²) >= 11 is 0. The van der Waals surface area contributed by atoms with E-state index in [1.54, 1.807) is 11.8 Å². The Bertz CT molecular complexity index is 894. The Hall–Kier alpha value is -2.06. The van der Waals surface area contributed by atoms with E-state index in [4.69, 9.17) is 34.3 Å². The van der Waals surface area contributed by atoms with Gasteiger partial charge in [-0.3, -0.25) is 26.0 Å². The van der Waals surface area contributed by atoms with Crippen molar-refractivity contribution >= 4 is 50.4 Å². The summed E-state index contributed by atoms with van der Waals surface area (Å²) in [4.78, 5) is 73.9. The van der Waals surface area contributed by atoms with Crippen LogP contribution in [0.25, 0.3) is 5.73 Å². The van der Waals surface area contributed by atoms with Crippen LogP contribution in [0.2, 0.25) is 0 Å². The summed E-state index contributed by atoms with van der Waals surface area (Å²) in [7, 11) is 6.28. The standard InChI is InChI=1S/C16H30O3.C13H26N4O4.C4H7BNO.CHO.Y/c17-15-13-11-9-7-5-3-1-2-4-6-8-10-12-14-16(18)19;1-4-17(12(19)9(2)14)8-7-16-11(18)6-5-10(15-3)13(20)21;1-4(2,6)3(5)7;1-2;/h15H,1-14H2,(H,18,19);9-10,15H,4-8,14H2,1-3H3,(H,16,18)(H,20,21);6H,1-2H3;1H;/q;;2*-1;. The third kappa shape index (κ3) is 42.1. The molecule has 14 nitrogen and oxygen atoms in total. The maximum absolute atomic E-state index is 11.7. The summed E-state index contributed by atoms with van der Waals surface area (Å²) in [6, 6.07) is -1.30. The molecule has 16 heteroatoms. The van der Waals surface area contributed by atoms with Crippen molar-refractivity contribution in [3.63, 3.8) is 0 Å². The minimum atomic E-state index is -1.11. The van der Waals surface area contributed by atoms with Gasteiger partial charge in [-0.2, -0.15) is 0 Å². The van der Waals surface area contributed by atoms with E-state index < -0.39 is 35.2 Å². The quantitative estimate of drug-likeness (QED) is 0.0367. The van der Waals surface area contributed by atoms with Crippen LogP contribution in [0.3, 0.4) is 0 Å². The number of carboxylic acid groups (broad SMARTS) is 2. The number of aliphatic carboxylic acids is 2. The number of aldehydes is 1. The minimum Gasteiger partial charge on any atom is -0.667 e. The number of likely N-dealkylation sites (N-methyl/N-ethyl adjacent to an activating group) is 2. The van der Waals surface area contributed by atoms with Crippen LogP contribution in [0.15, 0.2) is 0 Å². The molecule has 2 amide bonds. The Labute approximate surface area is 327 Å².